The van der Waals surface area contributed by atoms with E-state index in [0.29, 0.717) is 19.5 Å². The van der Waals surface area contributed by atoms with E-state index >= 15 is 0 Å². The zero-order valence-corrected chi connectivity index (χ0v) is 13.4. The number of benzene rings is 1. The van der Waals surface area contributed by atoms with Crippen molar-refractivity contribution in [3.05, 3.63) is 29.8 Å². The summed E-state index contributed by atoms with van der Waals surface area (Å²) in [6.45, 7) is 6.93. The Balaban J connectivity index is 1.82. The lowest BCUT2D eigenvalue weighted by atomic mass is 10.1. The molecule has 5 heteroatoms. The highest BCUT2D eigenvalue weighted by molar-refractivity contribution is 5.89. The molecule has 1 aromatic carbocycles. The number of amides is 2. The number of hydrogen-bond donors (Lipinski definition) is 2. The Morgan fingerprint density at radius 1 is 1.41 bits per heavy atom. The molecule has 2 amide bonds. The van der Waals surface area contributed by atoms with Crippen LogP contribution < -0.4 is 5.32 Å². The fourth-order valence-electron chi connectivity index (χ4n) is 2.72. The summed E-state index contributed by atoms with van der Waals surface area (Å²) in [6, 6.07) is 7.00. The summed E-state index contributed by atoms with van der Waals surface area (Å²) in [5, 5.41) is 12.3. The molecule has 1 aromatic rings. The molecule has 1 aliphatic heterocycles. The fourth-order valence-corrected chi connectivity index (χ4v) is 2.72. The Labute approximate surface area is 131 Å². The van der Waals surface area contributed by atoms with Gasteiger partial charge in [0.25, 0.3) is 0 Å². The molecule has 22 heavy (non-hydrogen) atoms. The molecule has 0 saturated carbocycles. The first-order chi connectivity index (χ1) is 10.3. The van der Waals surface area contributed by atoms with Crippen molar-refractivity contribution in [3.8, 4) is 5.75 Å². The molecule has 1 unspecified atom stereocenters. The third kappa shape index (κ3) is 4.00. The van der Waals surface area contributed by atoms with Crippen LogP contribution in [0.15, 0.2) is 24.3 Å². The molecule has 0 aromatic heterocycles. The first-order valence-electron chi connectivity index (χ1n) is 7.63. The van der Waals surface area contributed by atoms with Crippen LogP contribution in [0.25, 0.3) is 0 Å². The minimum atomic E-state index is -0.268. The number of carbonyl (C=O) groups is 2. The standard InChI is InChI=1S/C17H24N2O3/c1-17(2,3)19-11-13(10-15(19)21)16(22)18-8-7-12-5-4-6-14(20)9-12/h4-6,9,13,20H,7-8,10-11H2,1-3H3,(H,18,22). The van der Waals surface area contributed by atoms with Crippen molar-refractivity contribution in [2.75, 3.05) is 13.1 Å². The molecule has 0 radical (unpaired) electrons. The average Bonchev–Trinajstić information content (AvgIpc) is 2.81. The van der Waals surface area contributed by atoms with E-state index in [1.54, 1.807) is 23.1 Å². The Hall–Kier alpha value is -2.04. The Morgan fingerprint density at radius 3 is 2.73 bits per heavy atom. The minimum absolute atomic E-state index is 0.0423. The summed E-state index contributed by atoms with van der Waals surface area (Å²) in [6.07, 6.45) is 0.943. The molecule has 5 nitrogen and oxygen atoms in total. The second-order valence-corrected chi connectivity index (χ2v) is 6.79. The zero-order chi connectivity index (χ0) is 16.3. The van der Waals surface area contributed by atoms with Crippen molar-refractivity contribution in [3.63, 3.8) is 0 Å². The van der Waals surface area contributed by atoms with Crippen LogP contribution in [0.1, 0.15) is 32.8 Å². The molecule has 1 aliphatic rings. The van der Waals surface area contributed by atoms with E-state index in [1.165, 1.54) is 0 Å². The highest BCUT2D eigenvalue weighted by atomic mass is 16.3. The van der Waals surface area contributed by atoms with Crippen LogP contribution in [-0.4, -0.2) is 40.4 Å². The van der Waals surface area contributed by atoms with Gasteiger partial charge in [-0.05, 0) is 44.9 Å². The third-order valence-electron chi connectivity index (χ3n) is 3.93. The van der Waals surface area contributed by atoms with Crippen molar-refractivity contribution >= 4 is 11.8 Å². The quantitative estimate of drug-likeness (QED) is 0.889. The fraction of sp³-hybridized carbons (Fsp3) is 0.529. The minimum Gasteiger partial charge on any atom is -0.508 e. The molecule has 1 heterocycles. The van der Waals surface area contributed by atoms with Gasteiger partial charge in [-0.2, -0.15) is 0 Å². The highest BCUT2D eigenvalue weighted by Crippen LogP contribution is 2.25. The van der Waals surface area contributed by atoms with Crippen molar-refractivity contribution in [2.24, 2.45) is 5.92 Å². The number of likely N-dealkylation sites (tertiary alicyclic amines) is 1. The molecule has 0 bridgehead atoms. The highest BCUT2D eigenvalue weighted by Gasteiger charge is 2.39. The smallest absolute Gasteiger partial charge is 0.225 e. The summed E-state index contributed by atoms with van der Waals surface area (Å²) in [5.41, 5.74) is 0.729. The largest absolute Gasteiger partial charge is 0.508 e. The maximum absolute atomic E-state index is 12.2. The van der Waals surface area contributed by atoms with E-state index in [1.807, 2.05) is 26.8 Å². The monoisotopic (exact) mass is 304 g/mol. The van der Waals surface area contributed by atoms with Gasteiger partial charge in [-0.25, -0.2) is 0 Å². The lowest BCUT2D eigenvalue weighted by Gasteiger charge is -2.31. The number of rotatable bonds is 4. The van der Waals surface area contributed by atoms with Gasteiger partial charge >= 0.3 is 0 Å². The zero-order valence-electron chi connectivity index (χ0n) is 13.4. The molecule has 0 spiro atoms. The van der Waals surface area contributed by atoms with Crippen molar-refractivity contribution in [1.29, 1.82) is 0 Å². The molecule has 2 N–H and O–H groups in total. The van der Waals surface area contributed by atoms with Gasteiger partial charge in [-0.3, -0.25) is 9.59 Å². The van der Waals surface area contributed by atoms with Gasteiger partial charge in [0.15, 0.2) is 0 Å². The topological polar surface area (TPSA) is 69.6 Å². The first-order valence-corrected chi connectivity index (χ1v) is 7.63. The summed E-state index contributed by atoms with van der Waals surface area (Å²) < 4.78 is 0. The number of carbonyl (C=O) groups excluding carboxylic acids is 2. The van der Waals surface area contributed by atoms with Crippen LogP contribution in [0, 0.1) is 5.92 Å². The van der Waals surface area contributed by atoms with Crippen LogP contribution in [0.4, 0.5) is 0 Å². The molecule has 120 valence electrons. The number of phenols is 1. The van der Waals surface area contributed by atoms with Crippen LogP contribution in [0.5, 0.6) is 5.75 Å². The van der Waals surface area contributed by atoms with E-state index < -0.39 is 0 Å². The Bertz CT molecular complexity index is 563. The van der Waals surface area contributed by atoms with E-state index in [-0.39, 0.29) is 35.4 Å². The van der Waals surface area contributed by atoms with E-state index in [4.69, 9.17) is 0 Å². The molecule has 1 fully saturated rings. The van der Waals surface area contributed by atoms with Gasteiger partial charge in [0.1, 0.15) is 5.75 Å². The van der Waals surface area contributed by atoms with Gasteiger partial charge in [-0.1, -0.05) is 12.1 Å². The SMILES string of the molecule is CC(C)(C)N1CC(C(=O)NCCc2cccc(O)c2)CC1=O. The normalized spacial score (nSPS) is 18.6. The van der Waals surface area contributed by atoms with Crippen LogP contribution in [0.2, 0.25) is 0 Å². The predicted molar refractivity (Wildman–Crippen MR) is 84.4 cm³/mol. The number of phenolic OH excluding ortho intramolecular Hbond substituents is 1. The Morgan fingerprint density at radius 2 is 2.14 bits per heavy atom. The number of aromatic hydroxyl groups is 1. The van der Waals surface area contributed by atoms with Gasteiger partial charge in [-0.15, -0.1) is 0 Å². The van der Waals surface area contributed by atoms with Crippen LogP contribution in [-0.2, 0) is 16.0 Å². The first kappa shape index (κ1) is 16.3. The second-order valence-electron chi connectivity index (χ2n) is 6.79. The third-order valence-corrected chi connectivity index (χ3v) is 3.93. The molecule has 1 atom stereocenters. The Kier molecular flexibility index (Phi) is 4.74. The lowest BCUT2D eigenvalue weighted by Crippen LogP contribution is -2.43. The van der Waals surface area contributed by atoms with Gasteiger partial charge in [0.2, 0.25) is 11.8 Å². The summed E-state index contributed by atoms with van der Waals surface area (Å²) in [5.74, 6) is -0.0668. The maximum Gasteiger partial charge on any atom is 0.225 e. The van der Waals surface area contributed by atoms with E-state index in [2.05, 4.69) is 5.32 Å². The van der Waals surface area contributed by atoms with Gasteiger partial charge < -0.3 is 15.3 Å². The molecule has 0 aliphatic carbocycles. The van der Waals surface area contributed by atoms with Crippen LogP contribution >= 0.6 is 0 Å². The molecule has 2 rings (SSSR count). The van der Waals surface area contributed by atoms with Gasteiger partial charge in [0.05, 0.1) is 5.92 Å². The summed E-state index contributed by atoms with van der Waals surface area (Å²) in [7, 11) is 0. The number of hydrogen-bond acceptors (Lipinski definition) is 3. The van der Waals surface area contributed by atoms with E-state index in [9.17, 15) is 14.7 Å². The summed E-state index contributed by atoms with van der Waals surface area (Å²) in [4.78, 5) is 25.9. The summed E-state index contributed by atoms with van der Waals surface area (Å²) >= 11 is 0. The van der Waals surface area contributed by atoms with Crippen LogP contribution in [0.3, 0.4) is 0 Å². The molecular formula is C17H24N2O3. The van der Waals surface area contributed by atoms with Crippen molar-refractivity contribution in [2.45, 2.75) is 39.2 Å². The number of nitrogens with zero attached hydrogens (tertiary/aromatic N) is 1. The number of nitrogens with one attached hydrogen (secondary N) is 1. The van der Waals surface area contributed by atoms with E-state index in [0.717, 1.165) is 5.56 Å². The molecular weight excluding hydrogens is 280 g/mol. The maximum atomic E-state index is 12.2. The predicted octanol–water partition coefficient (Wildman–Crippen LogP) is 1.70. The lowest BCUT2D eigenvalue weighted by molar-refractivity contribution is -0.132. The van der Waals surface area contributed by atoms with Gasteiger partial charge in [0, 0.05) is 25.0 Å². The van der Waals surface area contributed by atoms with Crippen molar-refractivity contribution < 1.29 is 14.7 Å². The molecule has 1 saturated heterocycles. The average molecular weight is 304 g/mol. The second kappa shape index (κ2) is 6.38. The van der Waals surface area contributed by atoms with Crippen molar-refractivity contribution in [1.82, 2.24) is 10.2 Å².